The molecule has 2 aromatic carbocycles. The lowest BCUT2D eigenvalue weighted by Gasteiger charge is -2.12. The second kappa shape index (κ2) is 4.52. The van der Waals surface area contributed by atoms with Crippen molar-refractivity contribution in [3.63, 3.8) is 0 Å². The highest BCUT2D eigenvalue weighted by Crippen LogP contribution is 2.35. The van der Waals surface area contributed by atoms with Gasteiger partial charge in [0, 0.05) is 5.39 Å². The summed E-state index contributed by atoms with van der Waals surface area (Å²) >= 11 is 1.73. The van der Waals surface area contributed by atoms with Gasteiger partial charge in [-0.05, 0) is 30.4 Å². The molecular formula is C13H11IO3. The lowest BCUT2D eigenvalue weighted by molar-refractivity contribution is 0.0695. The van der Waals surface area contributed by atoms with E-state index in [1.54, 1.807) is 29.9 Å². The zero-order valence-corrected chi connectivity index (χ0v) is 11.6. The third-order valence-corrected chi connectivity index (χ3v) is 3.28. The van der Waals surface area contributed by atoms with Crippen molar-refractivity contribution in [1.82, 2.24) is 0 Å². The first-order valence-corrected chi connectivity index (χ1v) is 5.99. The number of hydrogen-bond acceptors (Lipinski definition) is 2. The molecule has 0 bridgehead atoms. The van der Waals surface area contributed by atoms with E-state index in [1.165, 1.54) is 0 Å². The van der Waals surface area contributed by atoms with Crippen LogP contribution in [0.4, 0.5) is 0 Å². The molecule has 0 aliphatic rings. The van der Waals surface area contributed by atoms with Crippen LogP contribution in [0.2, 0.25) is 0 Å². The van der Waals surface area contributed by atoms with Crippen LogP contribution in [0.25, 0.3) is 10.8 Å². The zero-order chi connectivity index (χ0) is 12.6. The fourth-order valence-electron chi connectivity index (χ4n) is 2.02. The van der Waals surface area contributed by atoms with E-state index in [0.717, 1.165) is 16.3 Å². The maximum Gasteiger partial charge on any atom is 0.339 e. The van der Waals surface area contributed by atoms with E-state index in [4.69, 9.17) is 3.07 Å². The molecule has 0 unspecified atom stereocenters. The van der Waals surface area contributed by atoms with Crippen LogP contribution in [-0.4, -0.2) is 11.1 Å². The Morgan fingerprint density at radius 3 is 2.53 bits per heavy atom. The Morgan fingerprint density at radius 1 is 1.24 bits per heavy atom. The van der Waals surface area contributed by atoms with Crippen LogP contribution in [0.15, 0.2) is 24.3 Å². The summed E-state index contributed by atoms with van der Waals surface area (Å²) in [5, 5.41) is 11.1. The van der Waals surface area contributed by atoms with Gasteiger partial charge in [-0.1, -0.05) is 24.3 Å². The van der Waals surface area contributed by atoms with Crippen molar-refractivity contribution in [2.24, 2.45) is 0 Å². The summed E-state index contributed by atoms with van der Waals surface area (Å²) < 4.78 is 5.24. The molecule has 0 aliphatic carbocycles. The maximum absolute atomic E-state index is 11.2. The first kappa shape index (κ1) is 12.2. The average Bonchev–Trinajstić information content (AvgIpc) is 2.28. The molecule has 0 heterocycles. The number of aryl methyl sites for hydroxylation is 2. The summed E-state index contributed by atoms with van der Waals surface area (Å²) in [6.45, 7) is 3.79. The van der Waals surface area contributed by atoms with Crippen molar-refractivity contribution in [3.05, 3.63) is 41.0 Å². The molecule has 4 heteroatoms. The highest BCUT2D eigenvalue weighted by Gasteiger charge is 2.18. The van der Waals surface area contributed by atoms with E-state index in [-0.39, 0.29) is 5.56 Å². The van der Waals surface area contributed by atoms with Crippen molar-refractivity contribution >= 4 is 39.7 Å². The Hall–Kier alpha value is -1.30. The number of fused-ring (bicyclic) bond motifs is 1. The molecule has 1 N–H and O–H groups in total. The smallest absolute Gasteiger partial charge is 0.339 e. The molecule has 2 aromatic rings. The Morgan fingerprint density at radius 2 is 1.94 bits per heavy atom. The number of hydrogen-bond donors (Lipinski definition) is 1. The van der Waals surface area contributed by atoms with Gasteiger partial charge >= 0.3 is 5.97 Å². The van der Waals surface area contributed by atoms with Crippen molar-refractivity contribution in [2.75, 3.05) is 0 Å². The van der Waals surface area contributed by atoms with E-state index >= 15 is 0 Å². The van der Waals surface area contributed by atoms with E-state index in [0.29, 0.717) is 11.3 Å². The van der Waals surface area contributed by atoms with E-state index in [2.05, 4.69) is 0 Å². The second-order valence-corrected chi connectivity index (χ2v) is 4.39. The fourth-order valence-corrected chi connectivity index (χ4v) is 2.48. The minimum atomic E-state index is -0.961. The van der Waals surface area contributed by atoms with Crippen LogP contribution in [0.1, 0.15) is 21.5 Å². The van der Waals surface area contributed by atoms with Gasteiger partial charge in [0.1, 0.15) is 5.56 Å². The monoisotopic (exact) mass is 342 g/mol. The number of carboxylic acid groups (broad SMARTS) is 1. The number of carbonyl (C=O) groups is 1. The fraction of sp³-hybridized carbons (Fsp3) is 0.154. The Bertz CT molecular complexity index is 605. The van der Waals surface area contributed by atoms with Crippen LogP contribution in [0, 0.1) is 13.8 Å². The van der Waals surface area contributed by atoms with Crippen LogP contribution in [0.3, 0.4) is 0 Å². The number of aromatic carboxylic acids is 1. The third-order valence-electron chi connectivity index (χ3n) is 2.84. The van der Waals surface area contributed by atoms with Crippen molar-refractivity contribution < 1.29 is 13.0 Å². The molecular weight excluding hydrogens is 331 g/mol. The molecule has 0 saturated heterocycles. The van der Waals surface area contributed by atoms with E-state index in [9.17, 15) is 9.90 Å². The maximum atomic E-state index is 11.2. The molecule has 0 radical (unpaired) electrons. The minimum Gasteiger partial charge on any atom is -0.478 e. The molecule has 88 valence electrons. The van der Waals surface area contributed by atoms with Crippen molar-refractivity contribution in [3.8, 4) is 5.75 Å². The van der Waals surface area contributed by atoms with Gasteiger partial charge in [-0.2, -0.15) is 0 Å². The number of carboxylic acids is 1. The zero-order valence-electron chi connectivity index (χ0n) is 9.45. The topological polar surface area (TPSA) is 46.5 Å². The van der Waals surface area contributed by atoms with Crippen molar-refractivity contribution in [2.45, 2.75) is 13.8 Å². The minimum absolute atomic E-state index is 0.234. The van der Waals surface area contributed by atoms with Crippen LogP contribution >= 0.6 is 23.0 Å². The Kier molecular flexibility index (Phi) is 3.24. The molecule has 3 nitrogen and oxygen atoms in total. The largest absolute Gasteiger partial charge is 0.478 e. The van der Waals surface area contributed by atoms with Gasteiger partial charge in [0.25, 0.3) is 0 Å². The summed E-state index contributed by atoms with van der Waals surface area (Å²) in [6, 6.07) is 7.67. The number of rotatable bonds is 2. The van der Waals surface area contributed by atoms with Crippen LogP contribution in [0.5, 0.6) is 5.75 Å². The SMILES string of the molecule is Cc1cc2c(C)cccc2c(OI)c1C(=O)O. The highest BCUT2D eigenvalue weighted by molar-refractivity contribution is 14.1. The van der Waals surface area contributed by atoms with Gasteiger partial charge in [0.2, 0.25) is 0 Å². The predicted octanol–water partition coefficient (Wildman–Crippen LogP) is 3.88. The molecule has 0 saturated carbocycles. The van der Waals surface area contributed by atoms with Gasteiger partial charge in [0.15, 0.2) is 28.8 Å². The highest BCUT2D eigenvalue weighted by atomic mass is 127. The Labute approximate surface area is 113 Å². The summed E-state index contributed by atoms with van der Waals surface area (Å²) in [5.41, 5.74) is 2.06. The molecule has 0 spiro atoms. The second-order valence-electron chi connectivity index (χ2n) is 3.95. The quantitative estimate of drug-likeness (QED) is 0.843. The number of benzene rings is 2. The average molecular weight is 342 g/mol. The molecule has 0 amide bonds. The first-order valence-electron chi connectivity index (χ1n) is 5.11. The normalized spacial score (nSPS) is 10.5. The summed E-state index contributed by atoms with van der Waals surface area (Å²) in [6.07, 6.45) is 0. The predicted molar refractivity (Wildman–Crippen MR) is 75.0 cm³/mol. The third kappa shape index (κ3) is 1.97. The number of halogens is 1. The molecule has 0 aromatic heterocycles. The van der Waals surface area contributed by atoms with Gasteiger partial charge in [-0.15, -0.1) is 0 Å². The van der Waals surface area contributed by atoms with Gasteiger partial charge in [-0.3, -0.25) is 0 Å². The molecule has 17 heavy (non-hydrogen) atoms. The summed E-state index contributed by atoms with van der Waals surface area (Å²) in [5.74, 6) is -0.533. The Balaban J connectivity index is 2.95. The van der Waals surface area contributed by atoms with Crippen LogP contribution < -0.4 is 3.07 Å². The molecule has 2 rings (SSSR count). The van der Waals surface area contributed by atoms with Crippen LogP contribution in [-0.2, 0) is 0 Å². The molecule has 0 fully saturated rings. The lowest BCUT2D eigenvalue weighted by atomic mass is 9.97. The standard InChI is InChI=1S/C13H11IO3/c1-7-4-3-5-9-10(7)6-8(2)11(13(15)16)12(9)17-14/h3-6H,1-2H3,(H,15,16). The first-order chi connectivity index (χ1) is 8.06. The van der Waals surface area contributed by atoms with Gasteiger partial charge in [0.05, 0.1) is 0 Å². The molecule has 0 aliphatic heterocycles. The van der Waals surface area contributed by atoms with Crippen molar-refractivity contribution in [1.29, 1.82) is 0 Å². The lowest BCUT2D eigenvalue weighted by Crippen LogP contribution is -2.02. The molecule has 0 atom stereocenters. The summed E-state index contributed by atoms with van der Waals surface area (Å²) in [4.78, 5) is 11.2. The summed E-state index contributed by atoms with van der Waals surface area (Å²) in [7, 11) is 0. The van der Waals surface area contributed by atoms with Gasteiger partial charge < -0.3 is 8.17 Å². The van der Waals surface area contributed by atoms with E-state index < -0.39 is 5.97 Å². The van der Waals surface area contributed by atoms with Gasteiger partial charge in [-0.25, -0.2) is 4.79 Å². The van der Waals surface area contributed by atoms with E-state index in [1.807, 2.05) is 31.2 Å².